The first-order valence-corrected chi connectivity index (χ1v) is 6.95. The molecule has 5 heteroatoms. The van der Waals surface area contributed by atoms with Gasteiger partial charge in [-0.3, -0.25) is 9.59 Å². The van der Waals surface area contributed by atoms with Crippen LogP contribution >= 0.6 is 0 Å². The van der Waals surface area contributed by atoms with Crippen molar-refractivity contribution >= 4 is 11.9 Å². The third-order valence-electron chi connectivity index (χ3n) is 3.04. The number of aliphatic carboxylic acids is 1. The van der Waals surface area contributed by atoms with Crippen LogP contribution in [0.2, 0.25) is 0 Å². The van der Waals surface area contributed by atoms with Gasteiger partial charge >= 0.3 is 5.97 Å². The molecule has 19 heavy (non-hydrogen) atoms. The van der Waals surface area contributed by atoms with Crippen molar-refractivity contribution in [1.29, 1.82) is 0 Å². The van der Waals surface area contributed by atoms with Gasteiger partial charge in [-0.05, 0) is 18.3 Å². The van der Waals surface area contributed by atoms with E-state index in [4.69, 9.17) is 5.11 Å². The predicted octanol–water partition coefficient (Wildman–Crippen LogP) is 1.77. The van der Waals surface area contributed by atoms with Gasteiger partial charge in [-0.15, -0.1) is 0 Å². The third kappa shape index (κ3) is 11.7. The lowest BCUT2D eigenvalue weighted by Crippen LogP contribution is -2.32. The predicted molar refractivity (Wildman–Crippen MR) is 76.0 cm³/mol. The first-order valence-electron chi connectivity index (χ1n) is 6.95. The molecule has 0 aliphatic rings. The molecule has 0 aromatic rings. The Bertz CT molecular complexity index is 288. The quantitative estimate of drug-likeness (QED) is 0.566. The number of nitrogens with one attached hydrogen (secondary N) is 2. The van der Waals surface area contributed by atoms with Gasteiger partial charge < -0.3 is 15.7 Å². The molecule has 0 saturated heterocycles. The second kappa shape index (κ2) is 8.91. The number of carbonyl (C=O) groups is 2. The molecule has 0 spiro atoms. The lowest BCUT2D eigenvalue weighted by atomic mass is 9.84. The van der Waals surface area contributed by atoms with E-state index in [0.717, 1.165) is 6.42 Å². The summed E-state index contributed by atoms with van der Waals surface area (Å²) in [6.07, 6.45) is 2.09. The van der Waals surface area contributed by atoms with Gasteiger partial charge in [-0.2, -0.15) is 0 Å². The molecule has 112 valence electrons. The Hall–Kier alpha value is -1.10. The zero-order chi connectivity index (χ0) is 14.9. The molecule has 0 saturated carbocycles. The number of rotatable bonds is 10. The second-order valence-electron chi connectivity index (χ2n) is 6.02. The van der Waals surface area contributed by atoms with Crippen molar-refractivity contribution in [3.63, 3.8) is 0 Å². The molecule has 3 N–H and O–H groups in total. The summed E-state index contributed by atoms with van der Waals surface area (Å²) in [5.74, 6) is -0.723. The summed E-state index contributed by atoms with van der Waals surface area (Å²) in [7, 11) is 0. The van der Waals surface area contributed by atoms with Crippen molar-refractivity contribution in [3.8, 4) is 0 Å². The molecule has 0 aliphatic heterocycles. The molecule has 0 fully saturated rings. The van der Waals surface area contributed by atoms with Crippen LogP contribution in [0.25, 0.3) is 0 Å². The Morgan fingerprint density at radius 3 is 2.26 bits per heavy atom. The van der Waals surface area contributed by atoms with Gasteiger partial charge in [0.2, 0.25) is 5.91 Å². The highest BCUT2D eigenvalue weighted by atomic mass is 16.4. The Kier molecular flexibility index (Phi) is 8.39. The van der Waals surface area contributed by atoms with E-state index in [1.807, 2.05) is 27.7 Å². The van der Waals surface area contributed by atoms with E-state index in [1.54, 1.807) is 0 Å². The van der Waals surface area contributed by atoms with E-state index in [0.29, 0.717) is 32.0 Å². The largest absolute Gasteiger partial charge is 0.481 e. The Morgan fingerprint density at radius 1 is 1.11 bits per heavy atom. The van der Waals surface area contributed by atoms with Gasteiger partial charge in [-0.25, -0.2) is 0 Å². The average Bonchev–Trinajstić information content (AvgIpc) is 2.26. The maximum atomic E-state index is 11.5. The molecule has 5 nitrogen and oxygen atoms in total. The number of hydrogen-bond donors (Lipinski definition) is 3. The van der Waals surface area contributed by atoms with Gasteiger partial charge in [0.1, 0.15) is 0 Å². The molecular weight excluding hydrogens is 244 g/mol. The number of amides is 1. The molecule has 0 rings (SSSR count). The van der Waals surface area contributed by atoms with Crippen molar-refractivity contribution in [2.75, 3.05) is 13.1 Å². The monoisotopic (exact) mass is 272 g/mol. The second-order valence-corrected chi connectivity index (χ2v) is 6.02. The van der Waals surface area contributed by atoms with Gasteiger partial charge in [0, 0.05) is 32.0 Å². The topological polar surface area (TPSA) is 78.4 Å². The summed E-state index contributed by atoms with van der Waals surface area (Å²) in [6.45, 7) is 9.44. The van der Waals surface area contributed by atoms with Crippen LogP contribution < -0.4 is 10.6 Å². The number of hydrogen-bond acceptors (Lipinski definition) is 3. The number of carboxylic acid groups (broad SMARTS) is 1. The van der Waals surface area contributed by atoms with E-state index in [1.165, 1.54) is 0 Å². The molecule has 0 atom stereocenters. The van der Waals surface area contributed by atoms with Crippen molar-refractivity contribution < 1.29 is 14.7 Å². The smallest absolute Gasteiger partial charge is 0.303 e. The van der Waals surface area contributed by atoms with Gasteiger partial charge in [0.15, 0.2) is 0 Å². The van der Waals surface area contributed by atoms with Crippen molar-refractivity contribution in [3.05, 3.63) is 0 Å². The van der Waals surface area contributed by atoms with Crippen molar-refractivity contribution in [1.82, 2.24) is 10.6 Å². The summed E-state index contributed by atoms with van der Waals surface area (Å²) in [5.41, 5.74) is -0.0537. The first kappa shape index (κ1) is 17.9. The maximum Gasteiger partial charge on any atom is 0.303 e. The average molecular weight is 272 g/mol. The minimum Gasteiger partial charge on any atom is -0.481 e. The molecule has 0 heterocycles. The van der Waals surface area contributed by atoms with E-state index in [-0.39, 0.29) is 17.7 Å². The van der Waals surface area contributed by atoms with Crippen molar-refractivity contribution in [2.45, 2.75) is 59.4 Å². The lowest BCUT2D eigenvalue weighted by Gasteiger charge is -2.23. The van der Waals surface area contributed by atoms with Crippen molar-refractivity contribution in [2.24, 2.45) is 5.41 Å². The number of carboxylic acids is 1. The fourth-order valence-corrected chi connectivity index (χ4v) is 1.67. The van der Waals surface area contributed by atoms with Gasteiger partial charge in [0.05, 0.1) is 0 Å². The summed E-state index contributed by atoms with van der Waals surface area (Å²) < 4.78 is 0. The SMILES string of the molecule is CC(C)NCCC(=O)NCCC(C)(C)CCC(=O)O. The highest BCUT2D eigenvalue weighted by Gasteiger charge is 2.19. The van der Waals surface area contributed by atoms with E-state index in [9.17, 15) is 9.59 Å². The highest BCUT2D eigenvalue weighted by molar-refractivity contribution is 5.76. The summed E-state index contributed by atoms with van der Waals surface area (Å²) in [5, 5.41) is 14.7. The molecule has 0 aromatic carbocycles. The van der Waals surface area contributed by atoms with E-state index < -0.39 is 5.97 Å². The molecule has 0 radical (unpaired) electrons. The molecule has 0 bridgehead atoms. The van der Waals surface area contributed by atoms with Crippen LogP contribution in [0.5, 0.6) is 0 Å². The molecule has 0 aromatic heterocycles. The fraction of sp³-hybridized carbons (Fsp3) is 0.857. The van der Waals surface area contributed by atoms with Crippen LogP contribution in [0.4, 0.5) is 0 Å². The third-order valence-corrected chi connectivity index (χ3v) is 3.04. The normalized spacial score (nSPS) is 11.6. The summed E-state index contributed by atoms with van der Waals surface area (Å²) in [6, 6.07) is 0.391. The van der Waals surface area contributed by atoms with Crippen LogP contribution in [0, 0.1) is 5.41 Å². The Morgan fingerprint density at radius 2 is 1.74 bits per heavy atom. The molecule has 0 aliphatic carbocycles. The molecule has 0 unspecified atom stereocenters. The minimum absolute atomic E-state index is 0.0437. The zero-order valence-corrected chi connectivity index (χ0v) is 12.6. The van der Waals surface area contributed by atoms with E-state index in [2.05, 4.69) is 10.6 Å². The minimum atomic E-state index is -0.767. The van der Waals surface area contributed by atoms with E-state index >= 15 is 0 Å². The highest BCUT2D eigenvalue weighted by Crippen LogP contribution is 2.25. The van der Waals surface area contributed by atoms with Gasteiger partial charge in [0.25, 0.3) is 0 Å². The van der Waals surface area contributed by atoms with Crippen LogP contribution in [-0.2, 0) is 9.59 Å². The van der Waals surface area contributed by atoms with Crippen LogP contribution in [-0.4, -0.2) is 36.1 Å². The Labute approximate surface area is 116 Å². The fourth-order valence-electron chi connectivity index (χ4n) is 1.67. The molecule has 1 amide bonds. The maximum absolute atomic E-state index is 11.5. The van der Waals surface area contributed by atoms with Crippen LogP contribution in [0.3, 0.4) is 0 Å². The first-order chi connectivity index (χ1) is 8.73. The Balaban J connectivity index is 3.70. The summed E-state index contributed by atoms with van der Waals surface area (Å²) in [4.78, 5) is 22.1. The lowest BCUT2D eigenvalue weighted by molar-refractivity contribution is -0.137. The summed E-state index contributed by atoms with van der Waals surface area (Å²) >= 11 is 0. The zero-order valence-electron chi connectivity index (χ0n) is 12.6. The van der Waals surface area contributed by atoms with Crippen LogP contribution in [0.1, 0.15) is 53.4 Å². The van der Waals surface area contributed by atoms with Gasteiger partial charge in [-0.1, -0.05) is 27.7 Å². The standard InChI is InChI=1S/C14H28N2O3/c1-11(2)15-9-6-12(17)16-10-8-14(3,4)7-5-13(18)19/h11,15H,5-10H2,1-4H3,(H,16,17)(H,18,19). The van der Waals surface area contributed by atoms with Crippen LogP contribution in [0.15, 0.2) is 0 Å². The number of carbonyl (C=O) groups excluding carboxylic acids is 1. The molecular formula is C14H28N2O3.